The van der Waals surface area contributed by atoms with Crippen LogP contribution >= 0.6 is 11.8 Å². The number of nitro groups is 1. The van der Waals surface area contributed by atoms with Crippen molar-refractivity contribution in [1.29, 1.82) is 0 Å². The topological polar surface area (TPSA) is 110 Å². The Hall–Kier alpha value is -3.30. The quantitative estimate of drug-likeness (QED) is 0.286. The van der Waals surface area contributed by atoms with Gasteiger partial charge in [-0.3, -0.25) is 14.8 Å². The summed E-state index contributed by atoms with van der Waals surface area (Å²) in [6, 6.07) is 13.3. The van der Waals surface area contributed by atoms with Crippen LogP contribution in [0.4, 0.5) is 11.4 Å². The maximum atomic E-state index is 12.9. The van der Waals surface area contributed by atoms with Crippen molar-refractivity contribution in [3.05, 3.63) is 87.8 Å². The highest BCUT2D eigenvalue weighted by molar-refractivity contribution is 8.03. The Bertz CT molecular complexity index is 1330. The molecule has 3 aromatic carbocycles. The first kappa shape index (κ1) is 21.0. The van der Waals surface area contributed by atoms with Gasteiger partial charge in [0, 0.05) is 22.9 Å². The van der Waals surface area contributed by atoms with Crippen LogP contribution in [0.25, 0.3) is 10.8 Å². The maximum Gasteiger partial charge on any atom is 0.269 e. The third-order valence-electron chi connectivity index (χ3n) is 4.80. The van der Waals surface area contributed by atoms with Gasteiger partial charge >= 0.3 is 0 Å². The van der Waals surface area contributed by atoms with E-state index in [4.69, 9.17) is 0 Å². The summed E-state index contributed by atoms with van der Waals surface area (Å²) in [6.45, 7) is 0. The number of thioether (sulfide) groups is 1. The van der Waals surface area contributed by atoms with Crippen molar-refractivity contribution in [3.8, 4) is 5.75 Å². The predicted molar refractivity (Wildman–Crippen MR) is 122 cm³/mol. The standard InChI is InChI=1S/C22H18N2O5S2/c25-22-19-9-5-4-8-18(19)20(14-21(22)30-16-6-2-1-3-7-16)23-31(28,29)17-12-10-15(11-13-17)24(26)27/h1-2,4-6,8-14,23,25H,3,7H2. The number of nitrogens with one attached hydrogen (secondary N) is 1. The second kappa shape index (κ2) is 8.44. The summed E-state index contributed by atoms with van der Waals surface area (Å²) in [5, 5.41) is 22.7. The van der Waals surface area contributed by atoms with Gasteiger partial charge in [0.1, 0.15) is 5.75 Å². The smallest absolute Gasteiger partial charge is 0.269 e. The summed E-state index contributed by atoms with van der Waals surface area (Å²) in [5.41, 5.74) is 0.128. The molecule has 0 radical (unpaired) electrons. The molecule has 0 atom stereocenters. The van der Waals surface area contributed by atoms with Gasteiger partial charge in [-0.15, -0.1) is 0 Å². The molecule has 0 unspecified atom stereocenters. The minimum atomic E-state index is -4.00. The SMILES string of the molecule is O=[N+]([O-])c1ccc(S(=O)(=O)Nc2cc(SC3=CC=CCC3)c(O)c3ccccc23)cc1. The number of allylic oxidation sites excluding steroid dienone is 4. The van der Waals surface area contributed by atoms with Crippen LogP contribution < -0.4 is 4.72 Å². The van der Waals surface area contributed by atoms with Crippen molar-refractivity contribution in [2.45, 2.75) is 22.6 Å². The first-order chi connectivity index (χ1) is 14.8. The molecule has 0 spiro atoms. The summed E-state index contributed by atoms with van der Waals surface area (Å²) >= 11 is 1.40. The van der Waals surface area contributed by atoms with Crippen molar-refractivity contribution in [2.24, 2.45) is 0 Å². The Balaban J connectivity index is 1.75. The second-order valence-electron chi connectivity index (χ2n) is 6.87. The molecule has 2 N–H and O–H groups in total. The van der Waals surface area contributed by atoms with E-state index in [1.54, 1.807) is 30.3 Å². The lowest BCUT2D eigenvalue weighted by atomic mass is 10.1. The molecule has 1 aliphatic carbocycles. The summed E-state index contributed by atoms with van der Waals surface area (Å²) in [6.07, 6.45) is 7.75. The zero-order chi connectivity index (χ0) is 22.0. The van der Waals surface area contributed by atoms with Crippen LogP contribution in [0.5, 0.6) is 5.75 Å². The van der Waals surface area contributed by atoms with Crippen LogP contribution in [0.3, 0.4) is 0 Å². The highest BCUT2D eigenvalue weighted by Crippen LogP contribution is 2.44. The molecule has 0 aliphatic heterocycles. The van der Waals surface area contributed by atoms with E-state index < -0.39 is 14.9 Å². The lowest BCUT2D eigenvalue weighted by molar-refractivity contribution is -0.384. The number of rotatable bonds is 6. The van der Waals surface area contributed by atoms with Crippen molar-refractivity contribution >= 4 is 43.9 Å². The Labute approximate surface area is 183 Å². The number of nitrogens with zero attached hydrogens (tertiary/aromatic N) is 1. The molecular formula is C22H18N2O5S2. The van der Waals surface area contributed by atoms with Gasteiger partial charge in [-0.1, -0.05) is 54.3 Å². The Kier molecular flexibility index (Phi) is 5.71. The van der Waals surface area contributed by atoms with E-state index in [-0.39, 0.29) is 16.3 Å². The van der Waals surface area contributed by atoms with Gasteiger partial charge in [0.15, 0.2) is 0 Å². The number of sulfonamides is 1. The summed E-state index contributed by atoms with van der Waals surface area (Å²) in [5.74, 6) is 0.0920. The van der Waals surface area contributed by atoms with Gasteiger partial charge in [-0.05, 0) is 35.9 Å². The number of hydrogen-bond donors (Lipinski definition) is 2. The van der Waals surface area contributed by atoms with E-state index in [2.05, 4.69) is 10.8 Å². The Morgan fingerprint density at radius 2 is 1.77 bits per heavy atom. The van der Waals surface area contributed by atoms with Gasteiger partial charge in [0.2, 0.25) is 0 Å². The molecule has 1 aliphatic rings. The van der Waals surface area contributed by atoms with E-state index in [0.717, 1.165) is 29.9 Å². The predicted octanol–water partition coefficient (Wildman–Crippen LogP) is 5.58. The first-order valence-corrected chi connectivity index (χ1v) is 11.7. The van der Waals surface area contributed by atoms with E-state index in [0.29, 0.717) is 21.4 Å². The van der Waals surface area contributed by atoms with Crippen LogP contribution in [0.15, 0.2) is 87.5 Å². The van der Waals surface area contributed by atoms with E-state index in [1.165, 1.54) is 23.9 Å². The minimum absolute atomic E-state index is 0.0920. The summed E-state index contributed by atoms with van der Waals surface area (Å²) in [7, 11) is -4.00. The average molecular weight is 455 g/mol. The zero-order valence-corrected chi connectivity index (χ0v) is 17.8. The molecular weight excluding hydrogens is 436 g/mol. The number of anilines is 1. The van der Waals surface area contributed by atoms with Crippen LogP contribution in [-0.4, -0.2) is 18.4 Å². The Morgan fingerprint density at radius 1 is 1.06 bits per heavy atom. The lowest BCUT2D eigenvalue weighted by Gasteiger charge is -2.16. The minimum Gasteiger partial charge on any atom is -0.506 e. The number of benzene rings is 3. The zero-order valence-electron chi connectivity index (χ0n) is 16.2. The highest BCUT2D eigenvalue weighted by Gasteiger charge is 2.20. The first-order valence-electron chi connectivity index (χ1n) is 9.41. The van der Waals surface area contributed by atoms with Crippen molar-refractivity contribution in [3.63, 3.8) is 0 Å². The van der Waals surface area contributed by atoms with Crippen LogP contribution in [0, 0.1) is 10.1 Å². The molecule has 158 valence electrons. The number of phenolic OH excluding ortho intramolecular Hbond substituents is 1. The van der Waals surface area contributed by atoms with Crippen LogP contribution in [0.1, 0.15) is 12.8 Å². The van der Waals surface area contributed by atoms with Gasteiger partial charge < -0.3 is 5.11 Å². The van der Waals surface area contributed by atoms with Gasteiger partial charge in [-0.25, -0.2) is 8.42 Å². The fourth-order valence-electron chi connectivity index (χ4n) is 3.25. The number of nitro benzene ring substituents is 1. The summed E-state index contributed by atoms with van der Waals surface area (Å²) < 4.78 is 28.5. The fraction of sp³-hybridized carbons (Fsp3) is 0.0909. The van der Waals surface area contributed by atoms with Crippen LogP contribution in [0.2, 0.25) is 0 Å². The van der Waals surface area contributed by atoms with Gasteiger partial charge in [-0.2, -0.15) is 0 Å². The largest absolute Gasteiger partial charge is 0.506 e. The molecule has 9 heteroatoms. The molecule has 0 fully saturated rings. The number of non-ortho nitro benzene ring substituents is 1. The van der Waals surface area contributed by atoms with Crippen molar-refractivity contribution < 1.29 is 18.4 Å². The van der Waals surface area contributed by atoms with Crippen molar-refractivity contribution in [2.75, 3.05) is 4.72 Å². The summed E-state index contributed by atoms with van der Waals surface area (Å²) in [4.78, 5) is 11.8. The number of fused-ring (bicyclic) bond motifs is 1. The second-order valence-corrected chi connectivity index (χ2v) is 9.73. The molecule has 3 aromatic rings. The Morgan fingerprint density at radius 3 is 2.42 bits per heavy atom. The molecule has 4 rings (SSSR count). The third kappa shape index (κ3) is 4.42. The molecule has 0 saturated heterocycles. The number of aromatic hydroxyl groups is 1. The van der Waals surface area contributed by atoms with E-state index in [1.807, 2.05) is 12.2 Å². The normalized spacial score (nSPS) is 13.7. The maximum absolute atomic E-state index is 12.9. The number of phenols is 1. The molecule has 0 heterocycles. The van der Waals surface area contributed by atoms with E-state index in [9.17, 15) is 23.6 Å². The van der Waals surface area contributed by atoms with Crippen LogP contribution in [-0.2, 0) is 10.0 Å². The third-order valence-corrected chi connectivity index (χ3v) is 7.31. The molecule has 0 aromatic heterocycles. The highest BCUT2D eigenvalue weighted by atomic mass is 32.2. The fourth-order valence-corrected chi connectivity index (χ4v) is 5.36. The van der Waals surface area contributed by atoms with E-state index >= 15 is 0 Å². The molecule has 0 bridgehead atoms. The van der Waals surface area contributed by atoms with Crippen molar-refractivity contribution in [1.82, 2.24) is 0 Å². The molecule has 0 saturated carbocycles. The lowest BCUT2D eigenvalue weighted by Crippen LogP contribution is -2.13. The number of hydrogen-bond acceptors (Lipinski definition) is 6. The molecule has 7 nitrogen and oxygen atoms in total. The van der Waals surface area contributed by atoms with Gasteiger partial charge in [0.25, 0.3) is 15.7 Å². The monoisotopic (exact) mass is 454 g/mol. The molecule has 0 amide bonds. The van der Waals surface area contributed by atoms with Gasteiger partial charge in [0.05, 0.1) is 20.4 Å². The molecule has 31 heavy (non-hydrogen) atoms. The average Bonchev–Trinajstić information content (AvgIpc) is 2.77.